The van der Waals surface area contributed by atoms with Crippen LogP contribution in [-0.4, -0.2) is 9.55 Å². The molecule has 0 saturated carbocycles. The fraction of sp³-hybridized carbons (Fsp3) is 0.263. The maximum atomic E-state index is 12.8. The zero-order chi connectivity index (χ0) is 17.1. The van der Waals surface area contributed by atoms with Crippen molar-refractivity contribution in [3.63, 3.8) is 0 Å². The number of fused-ring (bicyclic) bond motifs is 1. The van der Waals surface area contributed by atoms with Crippen LogP contribution in [0, 0.1) is 5.92 Å². The van der Waals surface area contributed by atoms with E-state index in [1.807, 2.05) is 48.5 Å². The van der Waals surface area contributed by atoms with Gasteiger partial charge in [-0.2, -0.15) is 0 Å². The van der Waals surface area contributed by atoms with Crippen molar-refractivity contribution in [3.05, 3.63) is 69.5 Å². The molecule has 0 N–H and O–H groups in total. The van der Waals surface area contributed by atoms with Gasteiger partial charge in [-0.15, -0.1) is 0 Å². The Morgan fingerprint density at radius 1 is 1.12 bits per heavy atom. The second-order valence-corrected chi connectivity index (χ2v) is 7.52. The first kappa shape index (κ1) is 17.1. The molecular formula is C19H19ClN2OS. The van der Waals surface area contributed by atoms with Gasteiger partial charge >= 0.3 is 0 Å². The molecule has 0 aliphatic rings. The van der Waals surface area contributed by atoms with Crippen molar-refractivity contribution in [1.82, 2.24) is 9.55 Å². The van der Waals surface area contributed by atoms with E-state index in [-0.39, 0.29) is 5.56 Å². The van der Waals surface area contributed by atoms with Crippen molar-refractivity contribution in [3.8, 4) is 0 Å². The SMILES string of the molecule is CC(C)Cn1c(SCc2ccc(Cl)cc2)nc2ccccc2c1=O. The second kappa shape index (κ2) is 7.41. The smallest absolute Gasteiger partial charge is 0.262 e. The Morgan fingerprint density at radius 3 is 2.54 bits per heavy atom. The molecule has 0 aliphatic carbocycles. The summed E-state index contributed by atoms with van der Waals surface area (Å²) >= 11 is 7.52. The maximum Gasteiger partial charge on any atom is 0.262 e. The Kier molecular flexibility index (Phi) is 5.27. The quantitative estimate of drug-likeness (QED) is 0.475. The third-order valence-corrected chi connectivity index (χ3v) is 4.96. The van der Waals surface area contributed by atoms with E-state index >= 15 is 0 Å². The van der Waals surface area contributed by atoms with Crippen molar-refractivity contribution in [2.24, 2.45) is 5.92 Å². The Morgan fingerprint density at radius 2 is 1.83 bits per heavy atom. The number of nitrogens with zero attached hydrogens (tertiary/aromatic N) is 2. The molecule has 1 heterocycles. The molecule has 0 saturated heterocycles. The first-order chi connectivity index (χ1) is 11.5. The van der Waals surface area contributed by atoms with Gasteiger partial charge in [0, 0.05) is 17.3 Å². The number of hydrogen-bond acceptors (Lipinski definition) is 3. The van der Waals surface area contributed by atoms with Crippen LogP contribution in [0.15, 0.2) is 58.5 Å². The van der Waals surface area contributed by atoms with E-state index in [9.17, 15) is 4.79 Å². The number of para-hydroxylation sites is 1. The van der Waals surface area contributed by atoms with Crippen LogP contribution < -0.4 is 5.56 Å². The number of benzene rings is 2. The van der Waals surface area contributed by atoms with Gasteiger partial charge in [-0.05, 0) is 35.7 Å². The first-order valence-corrected chi connectivity index (χ1v) is 9.28. The first-order valence-electron chi connectivity index (χ1n) is 7.91. The molecule has 2 aromatic carbocycles. The van der Waals surface area contributed by atoms with Gasteiger partial charge in [0.2, 0.25) is 0 Å². The van der Waals surface area contributed by atoms with Crippen molar-refractivity contribution in [2.45, 2.75) is 31.3 Å². The molecular weight excluding hydrogens is 340 g/mol. The number of halogens is 1. The number of thioether (sulfide) groups is 1. The Hall–Kier alpha value is -1.78. The Bertz CT molecular complexity index is 903. The summed E-state index contributed by atoms with van der Waals surface area (Å²) in [4.78, 5) is 17.6. The van der Waals surface area contributed by atoms with Crippen LogP contribution >= 0.6 is 23.4 Å². The highest BCUT2D eigenvalue weighted by molar-refractivity contribution is 7.98. The average molecular weight is 359 g/mol. The van der Waals surface area contributed by atoms with Gasteiger partial charge in [0.1, 0.15) is 0 Å². The zero-order valence-electron chi connectivity index (χ0n) is 13.7. The molecule has 24 heavy (non-hydrogen) atoms. The van der Waals surface area contributed by atoms with E-state index in [0.717, 1.165) is 27.0 Å². The zero-order valence-corrected chi connectivity index (χ0v) is 15.3. The van der Waals surface area contributed by atoms with E-state index in [0.29, 0.717) is 17.8 Å². The largest absolute Gasteiger partial charge is 0.287 e. The van der Waals surface area contributed by atoms with Crippen LogP contribution in [0.1, 0.15) is 19.4 Å². The molecule has 3 rings (SSSR count). The summed E-state index contributed by atoms with van der Waals surface area (Å²) in [5.74, 6) is 1.13. The van der Waals surface area contributed by atoms with Crippen molar-refractivity contribution < 1.29 is 0 Å². The predicted molar refractivity (Wildman–Crippen MR) is 102 cm³/mol. The van der Waals surface area contributed by atoms with Gasteiger partial charge in [-0.25, -0.2) is 4.98 Å². The highest BCUT2D eigenvalue weighted by Crippen LogP contribution is 2.23. The van der Waals surface area contributed by atoms with Gasteiger partial charge in [0.15, 0.2) is 5.16 Å². The minimum absolute atomic E-state index is 0.0351. The van der Waals surface area contributed by atoms with Crippen LogP contribution in [0.3, 0.4) is 0 Å². The van der Waals surface area contributed by atoms with Crippen LogP contribution in [0.25, 0.3) is 10.9 Å². The summed E-state index contributed by atoms with van der Waals surface area (Å²) in [6.07, 6.45) is 0. The van der Waals surface area contributed by atoms with Gasteiger partial charge in [0.25, 0.3) is 5.56 Å². The molecule has 0 atom stereocenters. The number of hydrogen-bond donors (Lipinski definition) is 0. The van der Waals surface area contributed by atoms with Crippen molar-refractivity contribution in [2.75, 3.05) is 0 Å². The maximum absolute atomic E-state index is 12.8. The predicted octanol–water partition coefficient (Wildman–Crippen LogP) is 5.00. The minimum Gasteiger partial charge on any atom is -0.287 e. The van der Waals surface area contributed by atoms with Gasteiger partial charge in [-0.1, -0.05) is 61.5 Å². The molecule has 0 bridgehead atoms. The van der Waals surface area contributed by atoms with E-state index in [2.05, 4.69) is 13.8 Å². The van der Waals surface area contributed by atoms with E-state index in [4.69, 9.17) is 16.6 Å². The highest BCUT2D eigenvalue weighted by Gasteiger charge is 2.12. The lowest BCUT2D eigenvalue weighted by atomic mass is 10.2. The molecule has 0 amide bonds. The molecule has 124 valence electrons. The van der Waals surface area contributed by atoms with E-state index in [1.165, 1.54) is 0 Å². The summed E-state index contributed by atoms with van der Waals surface area (Å²) in [6, 6.07) is 15.3. The van der Waals surface area contributed by atoms with Gasteiger partial charge < -0.3 is 0 Å². The third kappa shape index (κ3) is 3.82. The second-order valence-electron chi connectivity index (χ2n) is 6.14. The Balaban J connectivity index is 1.98. The van der Waals surface area contributed by atoms with Crippen LogP contribution in [0.4, 0.5) is 0 Å². The molecule has 0 unspecified atom stereocenters. The molecule has 0 fully saturated rings. The van der Waals surface area contributed by atoms with E-state index < -0.39 is 0 Å². The number of aromatic nitrogens is 2. The lowest BCUT2D eigenvalue weighted by molar-refractivity contribution is 0.475. The summed E-state index contributed by atoms with van der Waals surface area (Å²) < 4.78 is 1.80. The Labute approximate surface area is 150 Å². The monoisotopic (exact) mass is 358 g/mol. The molecule has 0 aliphatic heterocycles. The van der Waals surface area contributed by atoms with Gasteiger partial charge in [0.05, 0.1) is 10.9 Å². The summed E-state index contributed by atoms with van der Waals surface area (Å²) in [5, 5.41) is 2.17. The van der Waals surface area contributed by atoms with Gasteiger partial charge in [-0.3, -0.25) is 9.36 Å². The summed E-state index contributed by atoms with van der Waals surface area (Å²) in [7, 11) is 0. The highest BCUT2D eigenvalue weighted by atomic mass is 35.5. The molecule has 3 nitrogen and oxygen atoms in total. The standard InChI is InChI=1S/C19H19ClN2OS/c1-13(2)11-22-18(23)16-5-3-4-6-17(16)21-19(22)24-12-14-7-9-15(20)10-8-14/h3-10,13H,11-12H2,1-2H3. The topological polar surface area (TPSA) is 34.9 Å². The lowest BCUT2D eigenvalue weighted by Crippen LogP contribution is -2.25. The summed E-state index contributed by atoms with van der Waals surface area (Å²) in [6.45, 7) is 4.88. The minimum atomic E-state index is 0.0351. The van der Waals surface area contributed by atoms with E-state index in [1.54, 1.807) is 16.3 Å². The van der Waals surface area contributed by atoms with Crippen molar-refractivity contribution in [1.29, 1.82) is 0 Å². The molecule has 0 spiro atoms. The van der Waals surface area contributed by atoms with Crippen LogP contribution in [-0.2, 0) is 12.3 Å². The molecule has 3 aromatic rings. The number of rotatable bonds is 5. The average Bonchev–Trinajstić information content (AvgIpc) is 2.57. The fourth-order valence-electron chi connectivity index (χ4n) is 2.51. The molecule has 1 aromatic heterocycles. The molecule has 0 radical (unpaired) electrons. The summed E-state index contributed by atoms with van der Waals surface area (Å²) in [5.41, 5.74) is 1.94. The normalized spacial score (nSPS) is 11.3. The van der Waals surface area contributed by atoms with Crippen LogP contribution in [0.2, 0.25) is 5.02 Å². The lowest BCUT2D eigenvalue weighted by Gasteiger charge is -2.15. The molecule has 5 heteroatoms. The third-order valence-electron chi connectivity index (χ3n) is 3.66. The fourth-order valence-corrected chi connectivity index (χ4v) is 3.60. The van der Waals surface area contributed by atoms with Crippen LogP contribution in [0.5, 0.6) is 0 Å². The van der Waals surface area contributed by atoms with Crippen molar-refractivity contribution >= 4 is 34.3 Å².